The topological polar surface area (TPSA) is 69.2 Å². The molecule has 138 valence electrons. The van der Waals surface area contributed by atoms with E-state index in [2.05, 4.69) is 10.5 Å². The predicted molar refractivity (Wildman–Crippen MR) is 101 cm³/mol. The average Bonchev–Trinajstić information content (AvgIpc) is 2.66. The third-order valence-corrected chi connectivity index (χ3v) is 4.00. The van der Waals surface area contributed by atoms with E-state index in [-0.39, 0.29) is 12.5 Å². The molecule has 0 aliphatic carbocycles. The van der Waals surface area contributed by atoms with Crippen LogP contribution in [0.5, 0.6) is 17.2 Å². The summed E-state index contributed by atoms with van der Waals surface area (Å²) >= 11 is 0. The van der Waals surface area contributed by atoms with Gasteiger partial charge >= 0.3 is 0 Å². The zero-order valence-corrected chi connectivity index (χ0v) is 15.8. The van der Waals surface area contributed by atoms with E-state index in [4.69, 9.17) is 14.2 Å². The predicted octanol–water partition coefficient (Wildman–Crippen LogP) is 3.24. The van der Waals surface area contributed by atoms with Crippen molar-refractivity contribution in [3.8, 4) is 17.2 Å². The summed E-state index contributed by atoms with van der Waals surface area (Å²) in [6.45, 7) is 5.70. The second kappa shape index (κ2) is 8.89. The lowest BCUT2D eigenvalue weighted by molar-refractivity contribution is -0.123. The Kier molecular flexibility index (Phi) is 6.60. The number of nitrogens with zero attached hydrogens (tertiary/aromatic N) is 1. The molecule has 1 N–H and O–H groups in total. The van der Waals surface area contributed by atoms with Gasteiger partial charge in [-0.2, -0.15) is 5.10 Å². The van der Waals surface area contributed by atoms with E-state index in [1.165, 1.54) is 5.56 Å². The Morgan fingerprint density at radius 2 is 1.73 bits per heavy atom. The number of hydrazone groups is 1. The van der Waals surface area contributed by atoms with Crippen molar-refractivity contribution in [2.75, 3.05) is 20.8 Å². The van der Waals surface area contributed by atoms with Crippen LogP contribution in [0.2, 0.25) is 0 Å². The molecule has 26 heavy (non-hydrogen) atoms. The lowest BCUT2D eigenvalue weighted by atomic mass is 10.1. The Morgan fingerprint density at radius 1 is 1.00 bits per heavy atom. The highest BCUT2D eigenvalue weighted by atomic mass is 16.5. The summed E-state index contributed by atoms with van der Waals surface area (Å²) in [5.74, 6) is 1.62. The monoisotopic (exact) mass is 356 g/mol. The molecule has 2 aromatic rings. The molecule has 0 saturated carbocycles. The van der Waals surface area contributed by atoms with Crippen molar-refractivity contribution >= 4 is 11.6 Å². The van der Waals surface area contributed by atoms with E-state index in [0.717, 1.165) is 11.1 Å². The minimum atomic E-state index is -0.338. The maximum absolute atomic E-state index is 12.0. The Hall–Kier alpha value is -3.02. The molecule has 0 spiro atoms. The summed E-state index contributed by atoms with van der Waals surface area (Å²) < 4.78 is 16.0. The summed E-state index contributed by atoms with van der Waals surface area (Å²) in [4.78, 5) is 12.0. The van der Waals surface area contributed by atoms with Crippen LogP contribution < -0.4 is 19.6 Å². The number of ether oxygens (including phenoxy) is 3. The van der Waals surface area contributed by atoms with Crippen LogP contribution in [-0.2, 0) is 4.79 Å². The second-order valence-electron chi connectivity index (χ2n) is 5.83. The van der Waals surface area contributed by atoms with Crippen molar-refractivity contribution in [3.05, 3.63) is 53.1 Å². The molecule has 0 bridgehead atoms. The standard InChI is InChI=1S/C20H24N2O4/c1-13-6-7-17(10-14(13)2)26-12-20(23)22-21-15(3)18-9-8-16(24-4)11-19(18)25-5/h6-11H,12H2,1-5H3,(H,22,23)/b21-15+. The van der Waals surface area contributed by atoms with Crippen molar-refractivity contribution in [1.29, 1.82) is 0 Å². The second-order valence-corrected chi connectivity index (χ2v) is 5.83. The Balaban J connectivity index is 1.97. The molecule has 1 amide bonds. The summed E-state index contributed by atoms with van der Waals surface area (Å²) in [5.41, 5.74) is 6.17. The van der Waals surface area contributed by atoms with Crippen LogP contribution in [0, 0.1) is 13.8 Å². The number of aryl methyl sites for hydroxylation is 2. The number of methoxy groups -OCH3 is 2. The zero-order chi connectivity index (χ0) is 19.1. The maximum atomic E-state index is 12.0. The summed E-state index contributed by atoms with van der Waals surface area (Å²) in [6, 6.07) is 11.1. The molecule has 0 aliphatic rings. The molecule has 0 heterocycles. The van der Waals surface area contributed by atoms with Crippen LogP contribution in [0.25, 0.3) is 0 Å². The molecule has 0 radical (unpaired) electrons. The number of carbonyl (C=O) groups excluding carboxylic acids is 1. The highest BCUT2D eigenvalue weighted by Gasteiger charge is 2.09. The molecule has 0 unspecified atom stereocenters. The summed E-state index contributed by atoms with van der Waals surface area (Å²) in [6.07, 6.45) is 0. The van der Waals surface area contributed by atoms with Crippen LogP contribution in [0.3, 0.4) is 0 Å². The first-order chi connectivity index (χ1) is 12.4. The molecule has 2 rings (SSSR count). The fraction of sp³-hybridized carbons (Fsp3) is 0.300. The van der Waals surface area contributed by atoms with E-state index < -0.39 is 0 Å². The molecule has 2 aromatic carbocycles. The zero-order valence-electron chi connectivity index (χ0n) is 15.8. The van der Waals surface area contributed by atoms with Crippen LogP contribution >= 0.6 is 0 Å². The van der Waals surface area contributed by atoms with Gasteiger partial charge in [0.1, 0.15) is 17.2 Å². The van der Waals surface area contributed by atoms with Gasteiger partial charge in [-0.15, -0.1) is 0 Å². The molecule has 0 atom stereocenters. The molecular formula is C20H24N2O4. The number of hydrogen-bond donors (Lipinski definition) is 1. The lowest BCUT2D eigenvalue weighted by Gasteiger charge is -2.10. The maximum Gasteiger partial charge on any atom is 0.277 e. The fourth-order valence-electron chi connectivity index (χ4n) is 2.29. The van der Waals surface area contributed by atoms with Gasteiger partial charge in [-0.3, -0.25) is 4.79 Å². The molecular weight excluding hydrogens is 332 g/mol. The van der Waals surface area contributed by atoms with Gasteiger partial charge in [0.05, 0.1) is 19.9 Å². The van der Waals surface area contributed by atoms with E-state index in [1.807, 2.05) is 44.2 Å². The lowest BCUT2D eigenvalue weighted by Crippen LogP contribution is -2.25. The van der Waals surface area contributed by atoms with Gasteiger partial charge in [0.2, 0.25) is 0 Å². The Labute approximate surface area is 153 Å². The molecule has 6 heteroatoms. The highest BCUT2D eigenvalue weighted by molar-refractivity contribution is 6.01. The summed E-state index contributed by atoms with van der Waals surface area (Å²) in [5, 5.41) is 4.12. The third-order valence-electron chi connectivity index (χ3n) is 4.00. The minimum absolute atomic E-state index is 0.112. The van der Waals surface area contributed by atoms with E-state index >= 15 is 0 Å². The van der Waals surface area contributed by atoms with Crippen LogP contribution in [0.1, 0.15) is 23.6 Å². The van der Waals surface area contributed by atoms with E-state index in [9.17, 15) is 4.79 Å². The van der Waals surface area contributed by atoms with Gasteiger partial charge < -0.3 is 14.2 Å². The number of nitrogens with one attached hydrogen (secondary N) is 1. The molecule has 0 aliphatic heterocycles. The number of amides is 1. The molecule has 0 aromatic heterocycles. The van der Waals surface area contributed by atoms with Crippen molar-refractivity contribution in [3.63, 3.8) is 0 Å². The molecule has 0 saturated heterocycles. The van der Waals surface area contributed by atoms with Gasteiger partial charge in [-0.05, 0) is 56.2 Å². The fourth-order valence-corrected chi connectivity index (χ4v) is 2.29. The molecule has 0 fully saturated rings. The quantitative estimate of drug-likeness (QED) is 0.611. The van der Waals surface area contributed by atoms with E-state index in [0.29, 0.717) is 23.0 Å². The van der Waals surface area contributed by atoms with Gasteiger partial charge in [-0.1, -0.05) is 6.07 Å². The van der Waals surface area contributed by atoms with E-state index in [1.54, 1.807) is 27.2 Å². The SMILES string of the molecule is COc1ccc(/C(C)=N/NC(=O)COc2ccc(C)c(C)c2)c(OC)c1. The largest absolute Gasteiger partial charge is 0.497 e. The highest BCUT2D eigenvalue weighted by Crippen LogP contribution is 2.25. The first kappa shape index (κ1) is 19.3. The van der Waals surface area contributed by atoms with Crippen LogP contribution in [0.4, 0.5) is 0 Å². The first-order valence-electron chi connectivity index (χ1n) is 8.20. The van der Waals surface area contributed by atoms with Crippen molar-refractivity contribution in [1.82, 2.24) is 5.43 Å². The number of carbonyl (C=O) groups is 1. The van der Waals surface area contributed by atoms with Crippen molar-refractivity contribution < 1.29 is 19.0 Å². The molecule has 6 nitrogen and oxygen atoms in total. The van der Waals surface area contributed by atoms with Gasteiger partial charge in [-0.25, -0.2) is 5.43 Å². The third kappa shape index (κ3) is 4.99. The first-order valence-corrected chi connectivity index (χ1v) is 8.20. The number of benzene rings is 2. The average molecular weight is 356 g/mol. The van der Waals surface area contributed by atoms with Crippen LogP contribution in [-0.4, -0.2) is 32.4 Å². The van der Waals surface area contributed by atoms with Crippen LogP contribution in [0.15, 0.2) is 41.5 Å². The smallest absolute Gasteiger partial charge is 0.277 e. The number of hydrogen-bond acceptors (Lipinski definition) is 5. The minimum Gasteiger partial charge on any atom is -0.497 e. The number of rotatable bonds is 7. The normalized spacial score (nSPS) is 11.0. The van der Waals surface area contributed by atoms with Crippen molar-refractivity contribution in [2.45, 2.75) is 20.8 Å². The summed E-state index contributed by atoms with van der Waals surface area (Å²) in [7, 11) is 3.16. The van der Waals surface area contributed by atoms with Gasteiger partial charge in [0.15, 0.2) is 6.61 Å². The Bertz CT molecular complexity index is 815. The Morgan fingerprint density at radius 3 is 2.38 bits per heavy atom. The van der Waals surface area contributed by atoms with Crippen molar-refractivity contribution in [2.24, 2.45) is 5.10 Å². The van der Waals surface area contributed by atoms with Gasteiger partial charge in [0, 0.05) is 11.6 Å². The van der Waals surface area contributed by atoms with Gasteiger partial charge in [0.25, 0.3) is 5.91 Å².